The minimum Gasteiger partial charge on any atom is -0.294 e. The molecule has 0 saturated heterocycles. The van der Waals surface area contributed by atoms with Crippen molar-refractivity contribution in [1.29, 1.82) is 0 Å². The molecule has 0 radical (unpaired) electrons. The highest BCUT2D eigenvalue weighted by Crippen LogP contribution is 2.22. The molecule has 1 aromatic carbocycles. The lowest BCUT2D eigenvalue weighted by Crippen LogP contribution is -2.08. The van der Waals surface area contributed by atoms with Crippen LogP contribution in [0.1, 0.15) is 21.6 Å². The summed E-state index contributed by atoms with van der Waals surface area (Å²) >= 11 is 2.97. The number of nitrogens with zero attached hydrogens (tertiary/aromatic N) is 1. The molecular formula is C14H10BrF2NO. The Morgan fingerprint density at radius 3 is 2.63 bits per heavy atom. The molecular weight excluding hydrogens is 316 g/mol. The van der Waals surface area contributed by atoms with E-state index in [1.54, 1.807) is 19.1 Å². The summed E-state index contributed by atoms with van der Waals surface area (Å²) in [7, 11) is 0. The lowest BCUT2D eigenvalue weighted by Gasteiger charge is -2.06. The van der Waals surface area contributed by atoms with Gasteiger partial charge < -0.3 is 0 Å². The number of carbonyl (C=O) groups is 1. The van der Waals surface area contributed by atoms with Crippen LogP contribution in [0.4, 0.5) is 8.78 Å². The molecule has 0 aliphatic rings. The Hall–Kier alpha value is -1.62. The van der Waals surface area contributed by atoms with Gasteiger partial charge in [0.05, 0.1) is 4.47 Å². The van der Waals surface area contributed by atoms with E-state index in [1.807, 2.05) is 0 Å². The number of carbonyl (C=O) groups excluding carboxylic acids is 1. The molecule has 1 heterocycles. The first kappa shape index (κ1) is 13.8. The highest BCUT2D eigenvalue weighted by molar-refractivity contribution is 9.10. The Kier molecular flexibility index (Phi) is 4.04. The van der Waals surface area contributed by atoms with Crippen LogP contribution < -0.4 is 0 Å². The third kappa shape index (κ3) is 3.04. The van der Waals surface area contributed by atoms with Crippen LogP contribution in [-0.4, -0.2) is 10.8 Å². The molecule has 0 aliphatic carbocycles. The van der Waals surface area contributed by atoms with Crippen LogP contribution in [0, 0.1) is 18.6 Å². The first-order valence-corrected chi connectivity index (χ1v) is 6.36. The first-order valence-electron chi connectivity index (χ1n) is 5.57. The SMILES string of the molecule is Cc1ccc(C(=O)Cc2c(F)ccc(Br)c2F)cn1. The van der Waals surface area contributed by atoms with E-state index in [0.717, 1.165) is 11.8 Å². The molecule has 0 amide bonds. The van der Waals surface area contributed by atoms with Crippen LogP contribution in [0.5, 0.6) is 0 Å². The van der Waals surface area contributed by atoms with Crippen molar-refractivity contribution in [2.24, 2.45) is 0 Å². The summed E-state index contributed by atoms with van der Waals surface area (Å²) < 4.78 is 27.4. The number of hydrogen-bond donors (Lipinski definition) is 0. The van der Waals surface area contributed by atoms with Crippen molar-refractivity contribution in [2.45, 2.75) is 13.3 Å². The molecule has 98 valence electrons. The largest absolute Gasteiger partial charge is 0.294 e. The lowest BCUT2D eigenvalue weighted by molar-refractivity contribution is 0.0990. The molecule has 0 atom stereocenters. The number of hydrogen-bond acceptors (Lipinski definition) is 2. The standard InChI is InChI=1S/C14H10BrF2NO/c1-8-2-3-9(7-18-8)13(19)6-10-12(16)5-4-11(15)14(10)17/h2-5,7H,6H2,1H3. The van der Waals surface area contributed by atoms with Gasteiger partial charge in [0.2, 0.25) is 0 Å². The maximum atomic E-state index is 13.7. The topological polar surface area (TPSA) is 30.0 Å². The van der Waals surface area contributed by atoms with Gasteiger partial charge in [-0.05, 0) is 47.1 Å². The van der Waals surface area contributed by atoms with Gasteiger partial charge in [-0.25, -0.2) is 8.78 Å². The highest BCUT2D eigenvalue weighted by Gasteiger charge is 2.17. The first-order chi connectivity index (χ1) is 8.99. The summed E-state index contributed by atoms with van der Waals surface area (Å²) in [5.41, 5.74) is 0.876. The van der Waals surface area contributed by atoms with E-state index in [1.165, 1.54) is 12.3 Å². The zero-order valence-corrected chi connectivity index (χ0v) is 11.7. The normalized spacial score (nSPS) is 10.5. The summed E-state index contributed by atoms with van der Waals surface area (Å²) in [5, 5.41) is 0. The number of pyridine rings is 1. The Morgan fingerprint density at radius 2 is 2.00 bits per heavy atom. The summed E-state index contributed by atoms with van der Waals surface area (Å²) in [6.45, 7) is 1.79. The maximum Gasteiger partial charge on any atom is 0.169 e. The average molecular weight is 326 g/mol. The molecule has 0 spiro atoms. The van der Waals surface area contributed by atoms with Crippen molar-refractivity contribution in [2.75, 3.05) is 0 Å². The van der Waals surface area contributed by atoms with E-state index >= 15 is 0 Å². The Labute approximate surface area is 117 Å². The molecule has 19 heavy (non-hydrogen) atoms. The third-order valence-electron chi connectivity index (χ3n) is 2.71. The van der Waals surface area contributed by atoms with Gasteiger partial charge in [-0.15, -0.1) is 0 Å². The number of benzene rings is 1. The zero-order valence-electron chi connectivity index (χ0n) is 10.1. The fourth-order valence-electron chi connectivity index (χ4n) is 1.63. The Morgan fingerprint density at radius 1 is 1.26 bits per heavy atom. The smallest absolute Gasteiger partial charge is 0.169 e. The summed E-state index contributed by atoms with van der Waals surface area (Å²) in [4.78, 5) is 15.9. The quantitative estimate of drug-likeness (QED) is 0.633. The van der Waals surface area contributed by atoms with Crippen LogP contribution in [0.15, 0.2) is 34.9 Å². The molecule has 0 unspecified atom stereocenters. The third-order valence-corrected chi connectivity index (χ3v) is 3.32. The maximum absolute atomic E-state index is 13.7. The van der Waals surface area contributed by atoms with E-state index in [2.05, 4.69) is 20.9 Å². The fourth-order valence-corrected chi connectivity index (χ4v) is 2.00. The number of aromatic nitrogens is 1. The molecule has 2 rings (SSSR count). The van der Waals surface area contributed by atoms with Gasteiger partial charge in [0.15, 0.2) is 5.78 Å². The van der Waals surface area contributed by atoms with Gasteiger partial charge in [-0.1, -0.05) is 0 Å². The van der Waals surface area contributed by atoms with Crippen LogP contribution in [0.25, 0.3) is 0 Å². The van der Waals surface area contributed by atoms with Crippen molar-refractivity contribution < 1.29 is 13.6 Å². The van der Waals surface area contributed by atoms with Crippen LogP contribution >= 0.6 is 15.9 Å². The Bertz CT molecular complexity index is 626. The predicted octanol–water partition coefficient (Wildman–Crippen LogP) is 3.86. The zero-order chi connectivity index (χ0) is 14.0. The molecule has 5 heteroatoms. The summed E-state index contributed by atoms with van der Waals surface area (Å²) in [6.07, 6.45) is 1.08. The van der Waals surface area contributed by atoms with Gasteiger partial charge >= 0.3 is 0 Å². The molecule has 0 fully saturated rings. The second-order valence-electron chi connectivity index (χ2n) is 4.11. The highest BCUT2D eigenvalue weighted by atomic mass is 79.9. The van der Waals surface area contributed by atoms with Gasteiger partial charge in [-0.2, -0.15) is 0 Å². The van der Waals surface area contributed by atoms with Gasteiger partial charge in [0.25, 0.3) is 0 Å². The molecule has 0 N–H and O–H groups in total. The van der Waals surface area contributed by atoms with Crippen molar-refractivity contribution in [3.63, 3.8) is 0 Å². The molecule has 2 aromatic rings. The van der Waals surface area contributed by atoms with E-state index in [0.29, 0.717) is 5.56 Å². The predicted molar refractivity (Wildman–Crippen MR) is 71.1 cm³/mol. The van der Waals surface area contributed by atoms with E-state index in [4.69, 9.17) is 0 Å². The molecule has 0 bridgehead atoms. The van der Waals surface area contributed by atoms with Gasteiger partial charge in [-0.3, -0.25) is 9.78 Å². The van der Waals surface area contributed by atoms with Gasteiger partial charge in [0.1, 0.15) is 11.6 Å². The minimum atomic E-state index is -0.742. The average Bonchev–Trinajstić information content (AvgIpc) is 2.40. The minimum absolute atomic E-state index is 0.138. The summed E-state index contributed by atoms with van der Waals surface area (Å²) in [5.74, 6) is -1.84. The Balaban J connectivity index is 2.29. The van der Waals surface area contributed by atoms with E-state index < -0.39 is 11.6 Å². The molecule has 1 aromatic heterocycles. The number of Topliss-reactive ketones (excluding diaryl/α,β-unsaturated/α-hetero) is 1. The van der Waals surface area contributed by atoms with Crippen molar-refractivity contribution >= 4 is 21.7 Å². The van der Waals surface area contributed by atoms with Crippen molar-refractivity contribution in [3.8, 4) is 0 Å². The van der Waals surface area contributed by atoms with Crippen LogP contribution in [-0.2, 0) is 6.42 Å². The molecule has 2 nitrogen and oxygen atoms in total. The fraction of sp³-hybridized carbons (Fsp3) is 0.143. The van der Waals surface area contributed by atoms with Crippen LogP contribution in [0.2, 0.25) is 0 Å². The van der Waals surface area contributed by atoms with E-state index in [-0.39, 0.29) is 22.2 Å². The van der Waals surface area contributed by atoms with Crippen molar-refractivity contribution in [3.05, 3.63) is 63.4 Å². The molecule has 0 aliphatic heterocycles. The summed E-state index contributed by atoms with van der Waals surface area (Å²) in [6, 6.07) is 5.68. The second kappa shape index (κ2) is 5.57. The number of ketones is 1. The molecule has 0 saturated carbocycles. The lowest BCUT2D eigenvalue weighted by atomic mass is 10.0. The number of rotatable bonds is 3. The van der Waals surface area contributed by atoms with E-state index in [9.17, 15) is 13.6 Å². The monoisotopic (exact) mass is 325 g/mol. The van der Waals surface area contributed by atoms with Crippen molar-refractivity contribution in [1.82, 2.24) is 4.98 Å². The van der Waals surface area contributed by atoms with Crippen LogP contribution in [0.3, 0.4) is 0 Å². The second-order valence-corrected chi connectivity index (χ2v) is 4.96. The van der Waals surface area contributed by atoms with Gasteiger partial charge in [0, 0.05) is 29.4 Å². The number of halogens is 3. The number of aryl methyl sites for hydroxylation is 1.